The van der Waals surface area contributed by atoms with Gasteiger partial charge in [0.15, 0.2) is 0 Å². The van der Waals surface area contributed by atoms with Crippen molar-refractivity contribution in [2.75, 3.05) is 20.3 Å². The van der Waals surface area contributed by atoms with Crippen LogP contribution in [-0.4, -0.2) is 43.5 Å². The van der Waals surface area contributed by atoms with E-state index in [1.807, 2.05) is 30.3 Å². The summed E-state index contributed by atoms with van der Waals surface area (Å²) in [4.78, 5) is 12.1. The molecule has 0 bridgehead atoms. The Bertz CT molecular complexity index is 451. The molecule has 5 nitrogen and oxygen atoms in total. The van der Waals surface area contributed by atoms with Crippen LogP contribution in [0.2, 0.25) is 0 Å². The summed E-state index contributed by atoms with van der Waals surface area (Å²) in [7, 11) is 1.57. The molecular formula is C17H25NO4. The summed E-state index contributed by atoms with van der Waals surface area (Å²) in [5.74, 6) is -0.0558. The van der Waals surface area contributed by atoms with Gasteiger partial charge in [-0.2, -0.15) is 0 Å². The van der Waals surface area contributed by atoms with E-state index in [0.29, 0.717) is 39.0 Å². The van der Waals surface area contributed by atoms with Gasteiger partial charge in [0.05, 0.1) is 25.4 Å². The van der Waals surface area contributed by atoms with Crippen LogP contribution in [0.1, 0.15) is 24.8 Å². The molecule has 122 valence electrons. The number of carbonyl (C=O) groups excluding carboxylic acids is 1. The highest BCUT2D eigenvalue weighted by atomic mass is 16.5. The second-order valence-electron chi connectivity index (χ2n) is 5.68. The Morgan fingerprint density at radius 2 is 2.09 bits per heavy atom. The molecule has 1 fully saturated rings. The Hall–Kier alpha value is -1.43. The van der Waals surface area contributed by atoms with Gasteiger partial charge in [-0.3, -0.25) is 4.79 Å². The third kappa shape index (κ3) is 5.09. The van der Waals surface area contributed by atoms with Crippen LogP contribution in [0.5, 0.6) is 0 Å². The number of hydrogen-bond acceptors (Lipinski definition) is 4. The van der Waals surface area contributed by atoms with E-state index in [1.54, 1.807) is 7.11 Å². The Morgan fingerprint density at radius 3 is 2.82 bits per heavy atom. The topological polar surface area (TPSA) is 67.8 Å². The number of rotatable bonds is 7. The minimum absolute atomic E-state index is 0.0252. The molecule has 1 aliphatic rings. The van der Waals surface area contributed by atoms with Gasteiger partial charge in [-0.25, -0.2) is 0 Å². The number of aliphatic hydroxyl groups is 1. The average molecular weight is 307 g/mol. The summed E-state index contributed by atoms with van der Waals surface area (Å²) in [5, 5.41) is 12.6. The zero-order valence-corrected chi connectivity index (χ0v) is 13.0. The minimum Gasteiger partial charge on any atom is -0.390 e. The Morgan fingerprint density at radius 1 is 1.32 bits per heavy atom. The summed E-state index contributed by atoms with van der Waals surface area (Å²) in [6.07, 6.45) is 1.20. The molecule has 0 spiro atoms. The van der Waals surface area contributed by atoms with Crippen LogP contribution in [-0.2, 0) is 20.9 Å². The fourth-order valence-electron chi connectivity index (χ4n) is 2.76. The monoisotopic (exact) mass is 307 g/mol. The Balaban J connectivity index is 1.61. The number of ether oxygens (including phenoxy) is 2. The van der Waals surface area contributed by atoms with E-state index < -0.39 is 6.10 Å². The maximum absolute atomic E-state index is 12.1. The first kappa shape index (κ1) is 16.9. The smallest absolute Gasteiger partial charge is 0.223 e. The van der Waals surface area contributed by atoms with Crippen molar-refractivity contribution in [3.05, 3.63) is 35.9 Å². The molecule has 2 N–H and O–H groups in total. The molecule has 1 aromatic rings. The van der Waals surface area contributed by atoms with Gasteiger partial charge in [0, 0.05) is 19.6 Å². The summed E-state index contributed by atoms with van der Waals surface area (Å²) >= 11 is 0. The Labute approximate surface area is 131 Å². The second kappa shape index (κ2) is 8.88. The zero-order valence-electron chi connectivity index (χ0n) is 13.0. The number of nitrogens with one attached hydrogen (secondary N) is 1. The molecule has 1 aliphatic carbocycles. The standard InChI is InChI=1S/C17H25NO4/c1-21-16-11-14(7-8-15(16)19)17(20)18-9-10-22-12-13-5-3-2-4-6-13/h2-6,14-16,19H,7-12H2,1H3,(H,18,20)/t14-,15+,16-/m1/s1. The van der Waals surface area contributed by atoms with Gasteiger partial charge >= 0.3 is 0 Å². The molecule has 1 saturated carbocycles. The fourth-order valence-corrected chi connectivity index (χ4v) is 2.76. The van der Waals surface area contributed by atoms with E-state index in [-0.39, 0.29) is 17.9 Å². The fraction of sp³-hybridized carbons (Fsp3) is 0.588. The first-order valence-electron chi connectivity index (χ1n) is 7.81. The van der Waals surface area contributed by atoms with E-state index in [4.69, 9.17) is 9.47 Å². The summed E-state index contributed by atoms with van der Waals surface area (Å²) in [6, 6.07) is 9.94. The van der Waals surface area contributed by atoms with Gasteiger partial charge in [-0.05, 0) is 24.8 Å². The van der Waals surface area contributed by atoms with E-state index in [1.165, 1.54) is 0 Å². The van der Waals surface area contributed by atoms with Crippen LogP contribution < -0.4 is 5.32 Å². The molecule has 2 rings (SSSR count). The third-order valence-corrected chi connectivity index (χ3v) is 4.09. The minimum atomic E-state index is -0.455. The normalized spacial score (nSPS) is 24.9. The lowest BCUT2D eigenvalue weighted by molar-refractivity contribution is -0.130. The lowest BCUT2D eigenvalue weighted by Crippen LogP contribution is -2.42. The van der Waals surface area contributed by atoms with Crippen molar-refractivity contribution in [2.24, 2.45) is 5.92 Å². The van der Waals surface area contributed by atoms with Crippen molar-refractivity contribution in [2.45, 2.75) is 38.1 Å². The van der Waals surface area contributed by atoms with E-state index in [0.717, 1.165) is 5.56 Å². The van der Waals surface area contributed by atoms with Crippen molar-refractivity contribution in [1.82, 2.24) is 5.32 Å². The van der Waals surface area contributed by atoms with Gasteiger partial charge in [0.1, 0.15) is 0 Å². The van der Waals surface area contributed by atoms with Gasteiger partial charge in [-0.1, -0.05) is 30.3 Å². The predicted octanol–water partition coefficient (Wildman–Crippen LogP) is 1.50. The second-order valence-corrected chi connectivity index (χ2v) is 5.68. The van der Waals surface area contributed by atoms with E-state index in [9.17, 15) is 9.90 Å². The van der Waals surface area contributed by atoms with Crippen molar-refractivity contribution in [3.63, 3.8) is 0 Å². The van der Waals surface area contributed by atoms with Gasteiger partial charge < -0.3 is 19.9 Å². The molecule has 0 unspecified atom stereocenters. The molecule has 0 heterocycles. The van der Waals surface area contributed by atoms with Crippen LogP contribution in [0.25, 0.3) is 0 Å². The number of amides is 1. The molecular weight excluding hydrogens is 282 g/mol. The number of carbonyl (C=O) groups is 1. The molecule has 1 amide bonds. The molecule has 0 saturated heterocycles. The maximum atomic E-state index is 12.1. The van der Waals surface area contributed by atoms with Crippen molar-refractivity contribution >= 4 is 5.91 Å². The predicted molar refractivity (Wildman–Crippen MR) is 83.3 cm³/mol. The van der Waals surface area contributed by atoms with Crippen LogP contribution >= 0.6 is 0 Å². The van der Waals surface area contributed by atoms with Gasteiger partial charge in [-0.15, -0.1) is 0 Å². The maximum Gasteiger partial charge on any atom is 0.223 e. The molecule has 0 aliphatic heterocycles. The molecule has 22 heavy (non-hydrogen) atoms. The van der Waals surface area contributed by atoms with Crippen LogP contribution in [0.3, 0.4) is 0 Å². The van der Waals surface area contributed by atoms with Gasteiger partial charge in [0.25, 0.3) is 0 Å². The summed E-state index contributed by atoms with van der Waals surface area (Å²) < 4.78 is 10.8. The van der Waals surface area contributed by atoms with E-state index in [2.05, 4.69) is 5.32 Å². The molecule has 3 atom stereocenters. The molecule has 0 radical (unpaired) electrons. The van der Waals surface area contributed by atoms with Crippen LogP contribution in [0.15, 0.2) is 30.3 Å². The largest absolute Gasteiger partial charge is 0.390 e. The number of benzene rings is 1. The van der Waals surface area contributed by atoms with Crippen LogP contribution in [0.4, 0.5) is 0 Å². The number of aliphatic hydroxyl groups excluding tert-OH is 1. The Kier molecular flexibility index (Phi) is 6.83. The average Bonchev–Trinajstić information content (AvgIpc) is 2.55. The van der Waals surface area contributed by atoms with Gasteiger partial charge in [0.2, 0.25) is 5.91 Å². The number of hydrogen-bond donors (Lipinski definition) is 2. The highest BCUT2D eigenvalue weighted by Gasteiger charge is 2.32. The van der Waals surface area contributed by atoms with Crippen molar-refractivity contribution in [1.29, 1.82) is 0 Å². The van der Waals surface area contributed by atoms with Crippen molar-refractivity contribution in [3.8, 4) is 0 Å². The highest BCUT2D eigenvalue weighted by Crippen LogP contribution is 2.26. The summed E-state index contributed by atoms with van der Waals surface area (Å²) in [5.41, 5.74) is 1.12. The number of methoxy groups -OCH3 is 1. The van der Waals surface area contributed by atoms with Crippen molar-refractivity contribution < 1.29 is 19.4 Å². The summed E-state index contributed by atoms with van der Waals surface area (Å²) in [6.45, 7) is 1.55. The molecule has 1 aromatic carbocycles. The first-order chi connectivity index (χ1) is 10.7. The molecule has 0 aromatic heterocycles. The lowest BCUT2D eigenvalue weighted by atomic mass is 9.84. The third-order valence-electron chi connectivity index (χ3n) is 4.09. The SMILES string of the molecule is CO[C@@H]1C[C@H](C(=O)NCCOCc2ccccc2)CC[C@@H]1O. The quantitative estimate of drug-likeness (QED) is 0.749. The van der Waals surface area contributed by atoms with Crippen LogP contribution in [0, 0.1) is 5.92 Å². The lowest BCUT2D eigenvalue weighted by Gasteiger charge is -2.31. The highest BCUT2D eigenvalue weighted by molar-refractivity contribution is 5.78. The van der Waals surface area contributed by atoms with E-state index >= 15 is 0 Å². The molecule has 5 heteroatoms. The first-order valence-corrected chi connectivity index (χ1v) is 7.81. The zero-order chi connectivity index (χ0) is 15.8.